The molecule has 0 heterocycles. The number of alkyl halides is 3. The molecule has 0 aliphatic carbocycles. The topological polar surface area (TPSA) is 61.4 Å². The molecule has 0 spiro atoms. The molecule has 1 N–H and O–H groups in total. The van der Waals surface area contributed by atoms with Crippen molar-refractivity contribution in [2.24, 2.45) is 0 Å². The molecule has 0 radical (unpaired) electrons. The highest BCUT2D eigenvalue weighted by atomic mass is 32.2. The molecule has 0 amide bonds. The SMILES string of the molecule is O=S([O-])OCCCNCC(F)(F)F. The Labute approximate surface area is 75.9 Å². The van der Waals surface area contributed by atoms with Crippen molar-refractivity contribution in [3.63, 3.8) is 0 Å². The van der Waals surface area contributed by atoms with E-state index in [9.17, 15) is 21.9 Å². The highest BCUT2D eigenvalue weighted by Crippen LogP contribution is 2.11. The second-order valence-corrected chi connectivity index (χ2v) is 2.82. The zero-order chi connectivity index (χ0) is 10.3. The first kappa shape index (κ1) is 12.8. The van der Waals surface area contributed by atoms with E-state index in [-0.39, 0.29) is 19.6 Å². The van der Waals surface area contributed by atoms with Crippen LogP contribution in [0.2, 0.25) is 0 Å². The fourth-order valence-electron chi connectivity index (χ4n) is 0.554. The smallest absolute Gasteiger partial charge is 0.401 e. The van der Waals surface area contributed by atoms with Crippen LogP contribution in [0.1, 0.15) is 6.42 Å². The van der Waals surface area contributed by atoms with Gasteiger partial charge in [-0.3, -0.25) is 0 Å². The molecular weight excluding hydrogens is 211 g/mol. The van der Waals surface area contributed by atoms with E-state index in [0.717, 1.165) is 0 Å². The Hall–Kier alpha value is -0.180. The van der Waals surface area contributed by atoms with Gasteiger partial charge in [0.05, 0.1) is 24.5 Å². The summed E-state index contributed by atoms with van der Waals surface area (Å²) in [5, 5.41) is 2.09. The van der Waals surface area contributed by atoms with Gasteiger partial charge >= 0.3 is 6.18 Å². The number of halogens is 3. The van der Waals surface area contributed by atoms with E-state index in [1.165, 1.54) is 0 Å². The van der Waals surface area contributed by atoms with E-state index < -0.39 is 24.1 Å². The van der Waals surface area contributed by atoms with E-state index in [2.05, 4.69) is 9.50 Å². The normalized spacial score (nSPS) is 14.5. The monoisotopic (exact) mass is 220 g/mol. The first-order valence-corrected chi connectivity index (χ1v) is 4.42. The fourth-order valence-corrected chi connectivity index (χ4v) is 0.808. The summed E-state index contributed by atoms with van der Waals surface area (Å²) in [4.78, 5) is 0. The highest BCUT2D eigenvalue weighted by Gasteiger charge is 2.25. The van der Waals surface area contributed by atoms with Gasteiger partial charge in [-0.15, -0.1) is 0 Å². The lowest BCUT2D eigenvalue weighted by Gasteiger charge is -2.08. The fraction of sp³-hybridized carbons (Fsp3) is 1.00. The van der Waals surface area contributed by atoms with Crippen LogP contribution in [-0.2, 0) is 15.5 Å². The molecule has 0 aromatic rings. The van der Waals surface area contributed by atoms with Crippen LogP contribution in [0.15, 0.2) is 0 Å². The van der Waals surface area contributed by atoms with Gasteiger partial charge < -0.3 is 14.1 Å². The third-order valence-corrected chi connectivity index (χ3v) is 1.36. The zero-order valence-corrected chi connectivity index (χ0v) is 7.41. The minimum absolute atomic E-state index is 0.0662. The number of nitrogens with one attached hydrogen (secondary N) is 1. The van der Waals surface area contributed by atoms with E-state index >= 15 is 0 Å². The molecule has 0 rings (SSSR count). The van der Waals surface area contributed by atoms with Crippen molar-refractivity contribution in [2.75, 3.05) is 19.7 Å². The van der Waals surface area contributed by atoms with Crippen LogP contribution in [0, 0.1) is 0 Å². The van der Waals surface area contributed by atoms with Gasteiger partial charge in [0.1, 0.15) is 0 Å². The minimum atomic E-state index is -4.23. The summed E-state index contributed by atoms with van der Waals surface area (Å²) in [6, 6.07) is 0. The van der Waals surface area contributed by atoms with Crippen LogP contribution in [-0.4, -0.2) is 34.6 Å². The molecular formula is C5H9F3NO3S-. The molecule has 1 atom stereocenters. The number of hydrogen-bond acceptors (Lipinski definition) is 4. The average molecular weight is 220 g/mol. The lowest BCUT2D eigenvalue weighted by Crippen LogP contribution is -2.29. The molecule has 0 saturated carbocycles. The van der Waals surface area contributed by atoms with Gasteiger partial charge in [-0.05, 0) is 13.0 Å². The van der Waals surface area contributed by atoms with Crippen LogP contribution in [0.3, 0.4) is 0 Å². The molecule has 0 aliphatic rings. The summed E-state index contributed by atoms with van der Waals surface area (Å²) in [5.41, 5.74) is 0. The second kappa shape index (κ2) is 6.30. The molecule has 8 heteroatoms. The lowest BCUT2D eigenvalue weighted by molar-refractivity contribution is -0.124. The quantitative estimate of drug-likeness (QED) is 0.518. The van der Waals surface area contributed by atoms with Crippen LogP contribution >= 0.6 is 0 Å². The summed E-state index contributed by atoms with van der Waals surface area (Å²) < 4.78 is 58.1. The standard InChI is InChI=1S/C5H10F3NO3S/c6-5(7,8)4-9-2-1-3-12-13(10)11/h9H,1-4H2,(H,10,11)/p-1. The predicted octanol–water partition coefficient (Wildman–Crippen LogP) is 0.339. The second-order valence-electron chi connectivity index (χ2n) is 2.17. The molecule has 0 aliphatic heterocycles. The van der Waals surface area contributed by atoms with Crippen molar-refractivity contribution in [2.45, 2.75) is 12.6 Å². The molecule has 80 valence electrons. The molecule has 1 unspecified atom stereocenters. The van der Waals surface area contributed by atoms with Gasteiger partial charge in [-0.1, -0.05) is 0 Å². The van der Waals surface area contributed by atoms with Crippen LogP contribution in [0.4, 0.5) is 13.2 Å². The molecule has 0 bridgehead atoms. The molecule has 0 fully saturated rings. The van der Waals surface area contributed by atoms with Gasteiger partial charge in [-0.2, -0.15) is 13.2 Å². The molecule has 0 aromatic carbocycles. The maximum atomic E-state index is 11.5. The van der Waals surface area contributed by atoms with Crippen molar-refractivity contribution in [1.82, 2.24) is 5.32 Å². The molecule has 0 saturated heterocycles. The number of rotatable bonds is 6. The Bertz CT molecular complexity index is 164. The molecule has 4 nitrogen and oxygen atoms in total. The van der Waals surface area contributed by atoms with E-state index in [0.29, 0.717) is 0 Å². The van der Waals surface area contributed by atoms with Crippen molar-refractivity contribution in [3.05, 3.63) is 0 Å². The van der Waals surface area contributed by atoms with Crippen LogP contribution in [0.5, 0.6) is 0 Å². The van der Waals surface area contributed by atoms with E-state index in [1.54, 1.807) is 0 Å². The van der Waals surface area contributed by atoms with Crippen molar-refractivity contribution < 1.29 is 26.1 Å². The van der Waals surface area contributed by atoms with E-state index in [4.69, 9.17) is 0 Å². The Morgan fingerprint density at radius 1 is 1.46 bits per heavy atom. The largest absolute Gasteiger partial charge is 0.750 e. The Kier molecular flexibility index (Phi) is 6.21. The van der Waals surface area contributed by atoms with Crippen LogP contribution in [0.25, 0.3) is 0 Å². The maximum absolute atomic E-state index is 11.5. The summed E-state index contributed by atoms with van der Waals surface area (Å²) in [7, 11) is 0. The predicted molar refractivity (Wildman–Crippen MR) is 38.4 cm³/mol. The number of hydrogen-bond donors (Lipinski definition) is 1. The third kappa shape index (κ3) is 11.8. The summed E-state index contributed by atoms with van der Waals surface area (Å²) in [6.07, 6.45) is -4.02. The maximum Gasteiger partial charge on any atom is 0.401 e. The highest BCUT2D eigenvalue weighted by molar-refractivity contribution is 7.74. The zero-order valence-electron chi connectivity index (χ0n) is 6.60. The van der Waals surface area contributed by atoms with Gasteiger partial charge in [0.25, 0.3) is 0 Å². The van der Waals surface area contributed by atoms with Gasteiger partial charge in [0, 0.05) is 0 Å². The van der Waals surface area contributed by atoms with Crippen LogP contribution < -0.4 is 5.32 Å². The van der Waals surface area contributed by atoms with Crippen molar-refractivity contribution in [1.29, 1.82) is 0 Å². The van der Waals surface area contributed by atoms with Gasteiger partial charge in [-0.25, -0.2) is 4.21 Å². The molecule has 0 aromatic heterocycles. The minimum Gasteiger partial charge on any atom is -0.750 e. The first-order valence-electron chi connectivity index (χ1n) is 3.42. The third-order valence-electron chi connectivity index (χ3n) is 1.00. The first-order chi connectivity index (χ1) is 5.92. The Balaban J connectivity index is 3.13. The summed E-state index contributed by atoms with van der Waals surface area (Å²) in [6.45, 7) is -1.12. The van der Waals surface area contributed by atoms with Gasteiger partial charge in [0.15, 0.2) is 0 Å². The Morgan fingerprint density at radius 3 is 2.54 bits per heavy atom. The van der Waals surface area contributed by atoms with E-state index in [1.807, 2.05) is 0 Å². The van der Waals surface area contributed by atoms with Crippen molar-refractivity contribution >= 4 is 11.4 Å². The lowest BCUT2D eigenvalue weighted by atomic mass is 10.4. The average Bonchev–Trinajstić information content (AvgIpc) is 1.93. The summed E-state index contributed by atoms with van der Waals surface area (Å²) in [5.74, 6) is 0. The molecule has 13 heavy (non-hydrogen) atoms. The summed E-state index contributed by atoms with van der Waals surface area (Å²) >= 11 is -2.59. The van der Waals surface area contributed by atoms with Crippen molar-refractivity contribution in [3.8, 4) is 0 Å². The Morgan fingerprint density at radius 2 is 2.08 bits per heavy atom. The van der Waals surface area contributed by atoms with Gasteiger partial charge in [0.2, 0.25) is 0 Å².